The molecule has 0 N–H and O–H groups in total. The molecule has 1 amide bonds. The van der Waals surface area contributed by atoms with E-state index in [1.165, 1.54) is 5.56 Å². The molecule has 1 fully saturated rings. The van der Waals surface area contributed by atoms with Crippen molar-refractivity contribution in [3.05, 3.63) is 84.2 Å². The van der Waals surface area contributed by atoms with Gasteiger partial charge in [0.05, 0.1) is 17.9 Å². The van der Waals surface area contributed by atoms with E-state index >= 15 is 0 Å². The van der Waals surface area contributed by atoms with Gasteiger partial charge < -0.3 is 4.90 Å². The maximum atomic E-state index is 12.8. The summed E-state index contributed by atoms with van der Waals surface area (Å²) in [5.41, 5.74) is 3.38. The first kappa shape index (κ1) is 16.6. The van der Waals surface area contributed by atoms with Crippen molar-refractivity contribution in [1.29, 1.82) is 0 Å². The van der Waals surface area contributed by atoms with Gasteiger partial charge in [-0.3, -0.25) is 4.79 Å². The van der Waals surface area contributed by atoms with Crippen LogP contribution in [0.15, 0.2) is 73.1 Å². The molecule has 3 aromatic rings. The van der Waals surface area contributed by atoms with Crippen LogP contribution < -0.4 is 0 Å². The van der Waals surface area contributed by atoms with Crippen LogP contribution in [0.4, 0.5) is 0 Å². The Balaban J connectivity index is 1.39. The lowest BCUT2D eigenvalue weighted by molar-refractivity contribution is -0.132. The fraction of sp³-hybridized carbons (Fsp3) is 0.273. The van der Waals surface area contributed by atoms with E-state index < -0.39 is 0 Å². The van der Waals surface area contributed by atoms with Crippen LogP contribution in [0, 0.1) is 0 Å². The lowest BCUT2D eigenvalue weighted by Crippen LogP contribution is -2.30. The summed E-state index contributed by atoms with van der Waals surface area (Å²) in [5.74, 6) is 0.240. The maximum Gasteiger partial charge on any atom is 0.223 e. The Morgan fingerprint density at radius 1 is 1.04 bits per heavy atom. The predicted octanol–water partition coefficient (Wildman–Crippen LogP) is 4.17. The second kappa shape index (κ2) is 7.56. The first-order valence-corrected chi connectivity index (χ1v) is 9.24. The van der Waals surface area contributed by atoms with Crippen molar-refractivity contribution in [2.45, 2.75) is 31.7 Å². The normalized spacial score (nSPS) is 16.8. The number of hydrogen-bond acceptors (Lipinski definition) is 2. The molecule has 1 aliphatic rings. The molecule has 1 aliphatic heterocycles. The Labute approximate surface area is 154 Å². The minimum atomic E-state index is 0.232. The Morgan fingerprint density at radius 3 is 2.54 bits per heavy atom. The highest BCUT2D eigenvalue weighted by molar-refractivity contribution is 5.77. The van der Waals surface area contributed by atoms with Crippen LogP contribution >= 0.6 is 0 Å². The summed E-state index contributed by atoms with van der Waals surface area (Å²) < 4.78 is 1.86. The van der Waals surface area contributed by atoms with E-state index in [2.05, 4.69) is 22.1 Å². The molecule has 1 unspecified atom stereocenters. The van der Waals surface area contributed by atoms with Gasteiger partial charge in [0.1, 0.15) is 0 Å². The van der Waals surface area contributed by atoms with Crippen LogP contribution in [0.5, 0.6) is 0 Å². The molecule has 4 nitrogen and oxygen atoms in total. The van der Waals surface area contributed by atoms with Crippen molar-refractivity contribution < 1.29 is 4.79 Å². The standard InChI is InChI=1S/C22H23N3O/c26-22(24-15-7-12-21(24)19-8-3-1-4-9-19)14-13-18-16-23-25(17-18)20-10-5-2-6-11-20/h1-6,8-11,16-17,21H,7,12-15H2. The number of likely N-dealkylation sites (tertiary alicyclic amines) is 1. The summed E-state index contributed by atoms with van der Waals surface area (Å²) in [7, 11) is 0. The average molecular weight is 345 g/mol. The van der Waals surface area contributed by atoms with Crippen molar-refractivity contribution in [3.8, 4) is 5.69 Å². The molecule has 1 aromatic heterocycles. The molecule has 1 saturated heterocycles. The maximum absolute atomic E-state index is 12.8. The summed E-state index contributed by atoms with van der Waals surface area (Å²) >= 11 is 0. The van der Waals surface area contributed by atoms with E-state index in [1.54, 1.807) is 0 Å². The van der Waals surface area contributed by atoms with Crippen LogP contribution in [0.2, 0.25) is 0 Å². The highest BCUT2D eigenvalue weighted by Gasteiger charge is 2.29. The third-order valence-electron chi connectivity index (χ3n) is 5.04. The number of amides is 1. The molecule has 2 aromatic carbocycles. The second-order valence-corrected chi connectivity index (χ2v) is 6.78. The monoisotopic (exact) mass is 345 g/mol. The van der Waals surface area contributed by atoms with Gasteiger partial charge >= 0.3 is 0 Å². The number of aromatic nitrogens is 2. The number of rotatable bonds is 5. The summed E-state index contributed by atoms with van der Waals surface area (Å²) in [4.78, 5) is 14.8. The molecule has 0 radical (unpaired) electrons. The number of benzene rings is 2. The van der Waals surface area contributed by atoms with Gasteiger partial charge in [-0.15, -0.1) is 0 Å². The second-order valence-electron chi connectivity index (χ2n) is 6.78. The fourth-order valence-corrected chi connectivity index (χ4v) is 3.69. The Hall–Kier alpha value is -2.88. The minimum absolute atomic E-state index is 0.232. The Bertz CT molecular complexity index is 857. The summed E-state index contributed by atoms with van der Waals surface area (Å²) in [6.45, 7) is 0.863. The van der Waals surface area contributed by atoms with Gasteiger partial charge in [0.15, 0.2) is 0 Å². The van der Waals surface area contributed by atoms with E-state index in [4.69, 9.17) is 0 Å². The van der Waals surface area contributed by atoms with Crippen LogP contribution in [-0.4, -0.2) is 27.1 Å². The van der Waals surface area contributed by atoms with Crippen molar-refractivity contribution in [1.82, 2.24) is 14.7 Å². The fourth-order valence-electron chi connectivity index (χ4n) is 3.69. The molecule has 1 atom stereocenters. The van der Waals surface area contributed by atoms with Crippen LogP contribution in [0.1, 0.15) is 36.4 Å². The zero-order chi connectivity index (χ0) is 17.8. The lowest BCUT2D eigenvalue weighted by Gasteiger charge is -2.25. The number of nitrogens with zero attached hydrogens (tertiary/aromatic N) is 3. The molecule has 0 saturated carbocycles. The van der Waals surface area contributed by atoms with Gasteiger partial charge in [0, 0.05) is 19.2 Å². The zero-order valence-corrected chi connectivity index (χ0v) is 14.8. The smallest absolute Gasteiger partial charge is 0.223 e. The van der Waals surface area contributed by atoms with Crippen molar-refractivity contribution in [2.75, 3.05) is 6.54 Å². The predicted molar refractivity (Wildman–Crippen MR) is 102 cm³/mol. The highest BCUT2D eigenvalue weighted by atomic mass is 16.2. The van der Waals surface area contributed by atoms with Gasteiger partial charge in [-0.05, 0) is 42.5 Å². The third kappa shape index (κ3) is 3.54. The molecular weight excluding hydrogens is 322 g/mol. The van der Waals surface area contributed by atoms with Crippen molar-refractivity contribution in [3.63, 3.8) is 0 Å². The molecular formula is C22H23N3O. The van der Waals surface area contributed by atoms with Crippen LogP contribution in [0.25, 0.3) is 5.69 Å². The molecule has 4 heteroatoms. The average Bonchev–Trinajstić information content (AvgIpc) is 3.37. The first-order valence-electron chi connectivity index (χ1n) is 9.24. The first-order chi connectivity index (χ1) is 12.8. The van der Waals surface area contributed by atoms with E-state index in [0.717, 1.165) is 37.1 Å². The van der Waals surface area contributed by atoms with Crippen molar-refractivity contribution >= 4 is 5.91 Å². The molecule has 4 rings (SSSR count). The lowest BCUT2D eigenvalue weighted by atomic mass is 10.0. The van der Waals surface area contributed by atoms with E-state index in [9.17, 15) is 4.79 Å². The molecule has 0 spiro atoms. The Kier molecular flexibility index (Phi) is 4.82. The number of hydrogen-bond donors (Lipinski definition) is 0. The SMILES string of the molecule is O=C(CCc1cnn(-c2ccccc2)c1)N1CCCC1c1ccccc1. The summed E-state index contributed by atoms with van der Waals surface area (Å²) in [6.07, 6.45) is 7.27. The topological polar surface area (TPSA) is 38.1 Å². The van der Waals surface area contributed by atoms with Gasteiger partial charge in [-0.2, -0.15) is 5.10 Å². The van der Waals surface area contributed by atoms with E-state index in [0.29, 0.717) is 6.42 Å². The quantitative estimate of drug-likeness (QED) is 0.696. The zero-order valence-electron chi connectivity index (χ0n) is 14.8. The number of para-hydroxylation sites is 1. The van der Waals surface area contributed by atoms with Crippen LogP contribution in [-0.2, 0) is 11.2 Å². The molecule has 26 heavy (non-hydrogen) atoms. The van der Waals surface area contributed by atoms with Gasteiger partial charge in [-0.1, -0.05) is 48.5 Å². The van der Waals surface area contributed by atoms with E-state index in [-0.39, 0.29) is 11.9 Å². The number of carbonyl (C=O) groups excluding carboxylic acids is 1. The van der Waals surface area contributed by atoms with E-state index in [1.807, 2.05) is 65.6 Å². The minimum Gasteiger partial charge on any atom is -0.336 e. The highest BCUT2D eigenvalue weighted by Crippen LogP contribution is 2.32. The number of carbonyl (C=O) groups is 1. The summed E-state index contributed by atoms with van der Waals surface area (Å²) in [6, 6.07) is 20.6. The largest absolute Gasteiger partial charge is 0.336 e. The van der Waals surface area contributed by atoms with Gasteiger partial charge in [0.2, 0.25) is 5.91 Å². The third-order valence-corrected chi connectivity index (χ3v) is 5.04. The molecule has 132 valence electrons. The number of aryl methyl sites for hydroxylation is 1. The van der Waals surface area contributed by atoms with Gasteiger partial charge in [0.25, 0.3) is 0 Å². The van der Waals surface area contributed by atoms with Crippen molar-refractivity contribution in [2.24, 2.45) is 0 Å². The molecule has 0 aliphatic carbocycles. The Morgan fingerprint density at radius 2 is 1.77 bits per heavy atom. The molecule has 2 heterocycles. The molecule has 0 bridgehead atoms. The van der Waals surface area contributed by atoms with Crippen LogP contribution in [0.3, 0.4) is 0 Å². The summed E-state index contributed by atoms with van der Waals surface area (Å²) in [5, 5.41) is 4.42. The van der Waals surface area contributed by atoms with Gasteiger partial charge in [-0.25, -0.2) is 4.68 Å².